The van der Waals surface area contributed by atoms with Gasteiger partial charge < -0.3 is 29.2 Å². The zero-order valence-electron chi connectivity index (χ0n) is 15.3. The Morgan fingerprint density at radius 3 is 2.50 bits per heavy atom. The van der Waals surface area contributed by atoms with Gasteiger partial charge in [-0.15, -0.1) is 0 Å². The van der Waals surface area contributed by atoms with E-state index in [1.165, 1.54) is 6.08 Å². The Morgan fingerprint density at radius 2 is 1.82 bits per heavy atom. The summed E-state index contributed by atoms with van der Waals surface area (Å²) in [4.78, 5) is 37.3. The van der Waals surface area contributed by atoms with Crippen molar-refractivity contribution in [1.82, 2.24) is 0 Å². The largest absolute Gasteiger partial charge is 0.456 e. The molecule has 4 fully saturated rings. The van der Waals surface area contributed by atoms with E-state index >= 15 is 0 Å². The number of ether oxygens (including phenoxy) is 4. The van der Waals surface area contributed by atoms with Crippen molar-refractivity contribution < 1.29 is 43.5 Å². The predicted molar refractivity (Wildman–Crippen MR) is 85.7 cm³/mol. The molecular weight excluding hydrogens is 372 g/mol. The molecule has 4 aliphatic heterocycles. The molecule has 6 aliphatic rings. The maximum atomic E-state index is 13.1. The topological polar surface area (TPSA) is 129 Å². The maximum Gasteiger partial charge on any atom is 0.344 e. The van der Waals surface area contributed by atoms with Crippen LogP contribution in [0, 0.1) is 22.2 Å². The van der Waals surface area contributed by atoms with Crippen LogP contribution in [0.2, 0.25) is 0 Å². The Bertz CT molecular complexity index is 957. The van der Waals surface area contributed by atoms with Gasteiger partial charge in [-0.25, -0.2) is 14.4 Å². The first-order valence-corrected chi connectivity index (χ1v) is 9.16. The number of esters is 3. The smallest absolute Gasteiger partial charge is 0.344 e. The fraction of sp³-hybridized carbons (Fsp3) is 0.632. The van der Waals surface area contributed by atoms with Gasteiger partial charge in [-0.3, -0.25) is 0 Å². The zero-order valence-corrected chi connectivity index (χ0v) is 15.3. The summed E-state index contributed by atoms with van der Waals surface area (Å²) < 4.78 is 22.3. The van der Waals surface area contributed by atoms with E-state index in [9.17, 15) is 24.6 Å². The van der Waals surface area contributed by atoms with Gasteiger partial charge >= 0.3 is 17.9 Å². The Kier molecular flexibility index (Phi) is 2.50. The molecule has 6 rings (SSSR count). The highest BCUT2D eigenvalue weighted by molar-refractivity contribution is 6.00. The van der Waals surface area contributed by atoms with Gasteiger partial charge in [0.05, 0.1) is 16.9 Å². The lowest BCUT2D eigenvalue weighted by molar-refractivity contribution is -0.191. The summed E-state index contributed by atoms with van der Waals surface area (Å²) >= 11 is 0. The highest BCUT2D eigenvalue weighted by atomic mass is 16.7. The van der Waals surface area contributed by atoms with Crippen molar-refractivity contribution in [3.63, 3.8) is 0 Å². The number of hydrogen-bond donors (Lipinski definition) is 2. The number of carbonyl (C=O) groups is 3. The summed E-state index contributed by atoms with van der Waals surface area (Å²) in [7, 11) is 0. The van der Waals surface area contributed by atoms with Crippen LogP contribution in [0.3, 0.4) is 0 Å². The van der Waals surface area contributed by atoms with Crippen LogP contribution in [-0.4, -0.2) is 58.3 Å². The molecule has 0 amide bonds. The molecule has 3 saturated heterocycles. The van der Waals surface area contributed by atoms with Crippen LogP contribution in [0.15, 0.2) is 23.5 Å². The van der Waals surface area contributed by atoms with Crippen LogP contribution in [0.1, 0.15) is 20.8 Å². The number of aliphatic hydroxyl groups is 2. The lowest BCUT2D eigenvalue weighted by Crippen LogP contribution is -2.57. The van der Waals surface area contributed by atoms with Crippen LogP contribution < -0.4 is 0 Å². The molecule has 0 radical (unpaired) electrons. The normalized spacial score (nSPS) is 52.5. The molecule has 9 heteroatoms. The van der Waals surface area contributed by atoms with E-state index in [4.69, 9.17) is 18.9 Å². The third-order valence-corrected chi connectivity index (χ3v) is 7.42. The van der Waals surface area contributed by atoms with Gasteiger partial charge in [-0.1, -0.05) is 20.8 Å². The Hall–Kier alpha value is -2.23. The van der Waals surface area contributed by atoms with Gasteiger partial charge in [0.1, 0.15) is 11.9 Å². The fourth-order valence-corrected chi connectivity index (χ4v) is 6.93. The third kappa shape index (κ3) is 1.24. The summed E-state index contributed by atoms with van der Waals surface area (Å²) in [6, 6.07) is 0. The molecule has 2 aliphatic carbocycles. The minimum atomic E-state index is -1.81. The molecule has 0 bridgehead atoms. The standard InChI is InChI=1S/C19H18O9/c1-16(2,3)10-9(21)12-17-5-7-6(4-8(20)25-7)19(17,14(24)26-12)28-15-18(10,17)11(22)13(23)27-15/h4-5,9-12,15,21-22H,1-3H3/t9-,10?,11+,12?,15?,17?,18?,19?/m1/s1. The van der Waals surface area contributed by atoms with E-state index in [0.29, 0.717) is 0 Å². The highest BCUT2D eigenvalue weighted by Gasteiger charge is 2.97. The number of hydrogen-bond acceptors (Lipinski definition) is 9. The first kappa shape index (κ1) is 16.7. The quantitative estimate of drug-likeness (QED) is 0.408. The fourth-order valence-electron chi connectivity index (χ4n) is 6.93. The van der Waals surface area contributed by atoms with Crippen LogP contribution in [0.5, 0.6) is 0 Å². The summed E-state index contributed by atoms with van der Waals surface area (Å²) in [5.41, 5.74) is -5.16. The average Bonchev–Trinajstić information content (AvgIpc) is 3.29. The minimum Gasteiger partial charge on any atom is -0.456 e. The summed E-state index contributed by atoms with van der Waals surface area (Å²) in [6.07, 6.45) is -2.51. The molecule has 9 nitrogen and oxygen atoms in total. The van der Waals surface area contributed by atoms with Gasteiger partial charge in [0.25, 0.3) is 0 Å². The second-order valence-corrected chi connectivity index (χ2v) is 9.42. The lowest BCUT2D eigenvalue weighted by atomic mass is 9.52. The van der Waals surface area contributed by atoms with E-state index < -0.39 is 70.3 Å². The van der Waals surface area contributed by atoms with Crippen molar-refractivity contribution in [2.75, 3.05) is 0 Å². The molecule has 8 atom stereocenters. The first-order chi connectivity index (χ1) is 13.0. The van der Waals surface area contributed by atoms with Crippen molar-refractivity contribution in [3.05, 3.63) is 23.5 Å². The molecule has 148 valence electrons. The van der Waals surface area contributed by atoms with Crippen LogP contribution in [0.4, 0.5) is 0 Å². The Balaban J connectivity index is 1.74. The van der Waals surface area contributed by atoms with Crippen molar-refractivity contribution in [1.29, 1.82) is 0 Å². The SMILES string of the molecule is CC(C)(C)C1[C@@H](O)C2OC(=O)C34OC5OC(=O)[C@H](O)C51C23C=C1OC(=O)C=C14. The van der Waals surface area contributed by atoms with Gasteiger partial charge in [0.2, 0.25) is 11.9 Å². The molecule has 0 aromatic carbocycles. The van der Waals surface area contributed by atoms with E-state index in [0.717, 1.165) is 6.08 Å². The van der Waals surface area contributed by atoms with Crippen molar-refractivity contribution in [2.45, 2.75) is 51.0 Å². The molecule has 6 unspecified atom stereocenters. The van der Waals surface area contributed by atoms with Gasteiger partial charge in [-0.05, 0) is 11.5 Å². The highest BCUT2D eigenvalue weighted by Crippen LogP contribution is 2.82. The first-order valence-electron chi connectivity index (χ1n) is 9.16. The molecule has 0 aromatic rings. The molecule has 2 N–H and O–H groups in total. The average molecular weight is 390 g/mol. The van der Waals surface area contributed by atoms with Crippen molar-refractivity contribution in [2.24, 2.45) is 22.2 Å². The van der Waals surface area contributed by atoms with Crippen molar-refractivity contribution in [3.8, 4) is 0 Å². The van der Waals surface area contributed by atoms with Crippen LogP contribution in [0.25, 0.3) is 0 Å². The number of fused-ring (bicyclic) bond motifs is 1. The Labute approximate surface area is 158 Å². The second-order valence-electron chi connectivity index (χ2n) is 9.42. The van der Waals surface area contributed by atoms with Gasteiger partial charge in [0, 0.05) is 17.6 Å². The summed E-state index contributed by atoms with van der Waals surface area (Å²) in [6.45, 7) is 5.60. The molecule has 1 saturated carbocycles. The van der Waals surface area contributed by atoms with E-state index in [1.54, 1.807) is 0 Å². The molecule has 0 aromatic heterocycles. The number of rotatable bonds is 0. The molecule has 2 spiro atoms. The van der Waals surface area contributed by atoms with Crippen LogP contribution >= 0.6 is 0 Å². The molecular formula is C19H18O9. The zero-order chi connectivity index (χ0) is 20.0. The second kappa shape index (κ2) is 4.19. The van der Waals surface area contributed by atoms with E-state index in [2.05, 4.69) is 0 Å². The van der Waals surface area contributed by atoms with Crippen LogP contribution in [-0.2, 0) is 33.3 Å². The predicted octanol–water partition coefficient (Wildman–Crippen LogP) is -0.685. The Morgan fingerprint density at radius 1 is 1.11 bits per heavy atom. The molecule has 28 heavy (non-hydrogen) atoms. The number of carbonyl (C=O) groups excluding carboxylic acids is 3. The summed E-state index contributed by atoms with van der Waals surface area (Å²) in [5.74, 6) is -2.90. The minimum absolute atomic E-state index is 0.137. The van der Waals surface area contributed by atoms with Crippen molar-refractivity contribution >= 4 is 17.9 Å². The van der Waals surface area contributed by atoms with E-state index in [1.807, 2.05) is 20.8 Å². The van der Waals surface area contributed by atoms with Gasteiger partial charge in [-0.2, -0.15) is 0 Å². The monoisotopic (exact) mass is 390 g/mol. The third-order valence-electron chi connectivity index (χ3n) is 7.42. The van der Waals surface area contributed by atoms with Gasteiger partial charge in [0.15, 0.2) is 6.10 Å². The number of aliphatic hydroxyl groups excluding tert-OH is 2. The molecule has 4 heterocycles. The maximum absolute atomic E-state index is 13.1. The summed E-state index contributed by atoms with van der Waals surface area (Å²) in [5, 5.41) is 22.4. The van der Waals surface area contributed by atoms with E-state index in [-0.39, 0.29) is 11.3 Å². The lowest BCUT2D eigenvalue weighted by Gasteiger charge is -2.45.